The van der Waals surface area contributed by atoms with Crippen molar-refractivity contribution in [1.82, 2.24) is 25.5 Å². The molecule has 0 radical (unpaired) electrons. The van der Waals surface area contributed by atoms with Crippen LogP contribution in [-0.2, 0) is 6.54 Å². The Morgan fingerprint density at radius 2 is 2.08 bits per heavy atom. The van der Waals surface area contributed by atoms with Crippen LogP contribution in [0, 0.1) is 13.8 Å². The summed E-state index contributed by atoms with van der Waals surface area (Å²) in [6.45, 7) is 7.92. The standard InChI is InChI=1S/C20H21N5O/c1-4-21-8-15-9-22-10-17(12(15)2)14-5-6-18-16(7-14)19(25-24-18)20-13(3)23-11-26-20/h5-7,9-11,21H,4,8H2,1-3H3,(H,24,25). The highest BCUT2D eigenvalue weighted by molar-refractivity contribution is 5.95. The van der Waals surface area contributed by atoms with Crippen LogP contribution in [0.2, 0.25) is 0 Å². The lowest BCUT2D eigenvalue weighted by Gasteiger charge is -2.11. The van der Waals surface area contributed by atoms with Crippen LogP contribution in [0.1, 0.15) is 23.7 Å². The number of oxazole rings is 1. The van der Waals surface area contributed by atoms with Crippen LogP contribution < -0.4 is 5.32 Å². The molecule has 0 saturated heterocycles. The quantitative estimate of drug-likeness (QED) is 0.570. The largest absolute Gasteiger partial charge is 0.441 e. The van der Waals surface area contributed by atoms with Gasteiger partial charge in [0.1, 0.15) is 5.69 Å². The number of pyridine rings is 1. The summed E-state index contributed by atoms with van der Waals surface area (Å²) < 4.78 is 5.54. The molecule has 1 aromatic carbocycles. The number of nitrogens with one attached hydrogen (secondary N) is 2. The summed E-state index contributed by atoms with van der Waals surface area (Å²) >= 11 is 0. The highest BCUT2D eigenvalue weighted by Crippen LogP contribution is 2.33. The predicted octanol–water partition coefficient (Wildman–Crippen LogP) is 4.01. The number of nitrogens with zero attached hydrogens (tertiary/aromatic N) is 3. The highest BCUT2D eigenvalue weighted by atomic mass is 16.3. The van der Waals surface area contributed by atoms with E-state index in [1.54, 1.807) is 0 Å². The molecule has 0 saturated carbocycles. The maximum Gasteiger partial charge on any atom is 0.181 e. The zero-order chi connectivity index (χ0) is 18.1. The summed E-state index contributed by atoms with van der Waals surface area (Å²) in [5, 5.41) is 11.9. The molecule has 2 N–H and O–H groups in total. The van der Waals surface area contributed by atoms with Crippen LogP contribution in [0.4, 0.5) is 0 Å². The lowest BCUT2D eigenvalue weighted by atomic mass is 9.97. The molecule has 0 aliphatic rings. The molecule has 4 rings (SSSR count). The molecule has 0 atom stereocenters. The number of aromatic nitrogens is 4. The average Bonchev–Trinajstić information content (AvgIpc) is 3.26. The van der Waals surface area contributed by atoms with Crippen molar-refractivity contribution in [3.05, 3.63) is 53.8 Å². The minimum Gasteiger partial charge on any atom is -0.441 e. The van der Waals surface area contributed by atoms with Gasteiger partial charge in [-0.15, -0.1) is 0 Å². The number of aromatic amines is 1. The fourth-order valence-electron chi connectivity index (χ4n) is 3.18. The molecule has 0 aliphatic carbocycles. The van der Waals surface area contributed by atoms with Crippen molar-refractivity contribution < 1.29 is 4.42 Å². The van der Waals surface area contributed by atoms with E-state index < -0.39 is 0 Å². The first-order valence-electron chi connectivity index (χ1n) is 8.72. The molecule has 132 valence electrons. The van der Waals surface area contributed by atoms with Gasteiger partial charge in [-0.3, -0.25) is 10.1 Å². The summed E-state index contributed by atoms with van der Waals surface area (Å²) in [4.78, 5) is 8.61. The Hall–Kier alpha value is -2.99. The van der Waals surface area contributed by atoms with E-state index in [0.29, 0.717) is 5.76 Å². The Labute approximate surface area is 151 Å². The minimum atomic E-state index is 0.698. The van der Waals surface area contributed by atoms with Crippen LogP contribution in [0.3, 0.4) is 0 Å². The summed E-state index contributed by atoms with van der Waals surface area (Å²) in [5.74, 6) is 0.698. The van der Waals surface area contributed by atoms with Crippen LogP contribution in [0.5, 0.6) is 0 Å². The molecular formula is C20H21N5O. The van der Waals surface area contributed by atoms with E-state index in [9.17, 15) is 0 Å². The first kappa shape index (κ1) is 16.5. The third-order valence-electron chi connectivity index (χ3n) is 4.72. The van der Waals surface area contributed by atoms with Gasteiger partial charge in [0.15, 0.2) is 12.2 Å². The minimum absolute atomic E-state index is 0.698. The van der Waals surface area contributed by atoms with Crippen molar-refractivity contribution in [2.45, 2.75) is 27.3 Å². The van der Waals surface area contributed by atoms with Gasteiger partial charge in [-0.2, -0.15) is 5.10 Å². The summed E-state index contributed by atoms with van der Waals surface area (Å²) in [7, 11) is 0. The van der Waals surface area contributed by atoms with E-state index in [1.807, 2.05) is 25.4 Å². The number of benzene rings is 1. The van der Waals surface area contributed by atoms with Gasteiger partial charge in [0.25, 0.3) is 0 Å². The van der Waals surface area contributed by atoms with Gasteiger partial charge in [0.2, 0.25) is 0 Å². The number of aryl methyl sites for hydroxylation is 1. The average molecular weight is 347 g/mol. The molecule has 0 aliphatic heterocycles. The van der Waals surface area contributed by atoms with Crippen LogP contribution in [-0.4, -0.2) is 26.7 Å². The third kappa shape index (κ3) is 2.78. The second-order valence-electron chi connectivity index (χ2n) is 6.35. The number of hydrogen-bond acceptors (Lipinski definition) is 5. The molecule has 0 bridgehead atoms. The van der Waals surface area contributed by atoms with Gasteiger partial charge in [-0.1, -0.05) is 13.0 Å². The number of hydrogen-bond donors (Lipinski definition) is 2. The maximum atomic E-state index is 5.54. The molecule has 3 aromatic heterocycles. The van der Waals surface area contributed by atoms with Crippen molar-refractivity contribution in [3.63, 3.8) is 0 Å². The smallest absolute Gasteiger partial charge is 0.181 e. The van der Waals surface area contributed by atoms with Crippen molar-refractivity contribution in [2.24, 2.45) is 0 Å². The summed E-state index contributed by atoms with van der Waals surface area (Å²) in [5.41, 5.74) is 7.27. The van der Waals surface area contributed by atoms with E-state index >= 15 is 0 Å². The molecular weight excluding hydrogens is 326 g/mol. The molecule has 3 heterocycles. The van der Waals surface area contributed by atoms with Gasteiger partial charge in [-0.05, 0) is 49.2 Å². The Morgan fingerprint density at radius 3 is 2.85 bits per heavy atom. The van der Waals surface area contributed by atoms with Crippen molar-refractivity contribution in [2.75, 3.05) is 6.54 Å². The molecule has 0 amide bonds. The maximum absolute atomic E-state index is 5.54. The fourth-order valence-corrected chi connectivity index (χ4v) is 3.18. The predicted molar refractivity (Wildman–Crippen MR) is 102 cm³/mol. The Bertz CT molecular complexity index is 1060. The van der Waals surface area contributed by atoms with Gasteiger partial charge in [0, 0.05) is 29.9 Å². The SMILES string of the molecule is CCNCc1cncc(-c2ccc3[nH]nc(-c4ocnc4C)c3c2)c1C. The lowest BCUT2D eigenvalue weighted by Crippen LogP contribution is -2.13. The van der Waals surface area contributed by atoms with Gasteiger partial charge in [0.05, 0.1) is 11.2 Å². The first-order valence-corrected chi connectivity index (χ1v) is 8.72. The van der Waals surface area contributed by atoms with Crippen molar-refractivity contribution in [1.29, 1.82) is 0 Å². The number of fused-ring (bicyclic) bond motifs is 1. The Balaban J connectivity index is 1.82. The van der Waals surface area contributed by atoms with Gasteiger partial charge < -0.3 is 9.73 Å². The highest BCUT2D eigenvalue weighted by Gasteiger charge is 2.16. The molecule has 0 fully saturated rings. The first-order chi connectivity index (χ1) is 12.7. The van der Waals surface area contributed by atoms with Crippen LogP contribution in [0.15, 0.2) is 41.4 Å². The van der Waals surface area contributed by atoms with E-state index in [4.69, 9.17) is 4.42 Å². The monoisotopic (exact) mass is 347 g/mol. The molecule has 0 spiro atoms. The topological polar surface area (TPSA) is 79.6 Å². The Kier molecular flexibility index (Phi) is 4.26. The zero-order valence-electron chi connectivity index (χ0n) is 15.1. The normalized spacial score (nSPS) is 11.3. The summed E-state index contributed by atoms with van der Waals surface area (Å²) in [6, 6.07) is 6.28. The van der Waals surface area contributed by atoms with Crippen molar-refractivity contribution >= 4 is 10.9 Å². The van der Waals surface area contributed by atoms with Gasteiger partial charge >= 0.3 is 0 Å². The van der Waals surface area contributed by atoms with Gasteiger partial charge in [-0.25, -0.2) is 4.98 Å². The zero-order valence-corrected chi connectivity index (χ0v) is 15.1. The number of H-pyrrole nitrogens is 1. The molecule has 6 nitrogen and oxygen atoms in total. The van der Waals surface area contributed by atoms with Crippen LogP contribution >= 0.6 is 0 Å². The molecule has 4 aromatic rings. The van der Waals surface area contributed by atoms with E-state index in [0.717, 1.165) is 46.5 Å². The fraction of sp³-hybridized carbons (Fsp3) is 0.250. The lowest BCUT2D eigenvalue weighted by molar-refractivity contribution is 0.569. The summed E-state index contributed by atoms with van der Waals surface area (Å²) in [6.07, 6.45) is 5.31. The van der Waals surface area contributed by atoms with E-state index in [2.05, 4.69) is 51.5 Å². The Morgan fingerprint density at radius 1 is 1.19 bits per heavy atom. The molecule has 6 heteroatoms. The molecule has 26 heavy (non-hydrogen) atoms. The van der Waals surface area contributed by atoms with Crippen LogP contribution in [0.25, 0.3) is 33.5 Å². The van der Waals surface area contributed by atoms with E-state index in [1.165, 1.54) is 17.5 Å². The van der Waals surface area contributed by atoms with E-state index in [-0.39, 0.29) is 0 Å². The molecule has 0 unspecified atom stereocenters. The second kappa shape index (κ2) is 6.72. The third-order valence-corrected chi connectivity index (χ3v) is 4.72. The van der Waals surface area contributed by atoms with Crippen molar-refractivity contribution in [3.8, 4) is 22.6 Å². The second-order valence-corrected chi connectivity index (χ2v) is 6.35. The number of rotatable bonds is 5.